The molecule has 0 aliphatic carbocycles. The van der Waals surface area contributed by atoms with Crippen molar-refractivity contribution in [2.24, 2.45) is 0 Å². The van der Waals surface area contributed by atoms with Crippen molar-refractivity contribution in [3.05, 3.63) is 65.9 Å². The summed E-state index contributed by atoms with van der Waals surface area (Å²) in [5, 5.41) is 2.90. The minimum atomic E-state index is -0.0697. The predicted molar refractivity (Wildman–Crippen MR) is 92.1 cm³/mol. The fraction of sp³-hybridized carbons (Fsp3) is 0.211. The Labute approximate surface area is 136 Å². The van der Waals surface area contributed by atoms with Gasteiger partial charge < -0.3 is 15.0 Å². The first-order valence-corrected chi connectivity index (χ1v) is 7.71. The summed E-state index contributed by atoms with van der Waals surface area (Å²) in [4.78, 5) is 14.4. The lowest BCUT2D eigenvalue weighted by Gasteiger charge is -2.19. The Morgan fingerprint density at radius 2 is 1.96 bits per heavy atom. The molecule has 0 fully saturated rings. The average Bonchev–Trinajstić information content (AvgIpc) is 2.90. The van der Waals surface area contributed by atoms with Gasteiger partial charge in [-0.25, -0.2) is 0 Å². The van der Waals surface area contributed by atoms with Crippen molar-refractivity contribution < 1.29 is 9.53 Å². The lowest BCUT2D eigenvalue weighted by molar-refractivity contribution is -0.110. The number of carbonyl (C=O) groups is 1. The summed E-state index contributed by atoms with van der Waals surface area (Å²) in [6.45, 7) is 3.68. The molecular weight excluding hydrogens is 288 g/mol. The number of rotatable bonds is 5. The molecule has 1 amide bonds. The van der Waals surface area contributed by atoms with E-state index in [0.717, 1.165) is 30.1 Å². The second-order valence-electron chi connectivity index (χ2n) is 5.46. The number of nitrogens with zero attached hydrogens (tertiary/aromatic N) is 1. The van der Waals surface area contributed by atoms with Crippen LogP contribution in [0.25, 0.3) is 5.57 Å². The van der Waals surface area contributed by atoms with E-state index in [4.69, 9.17) is 4.74 Å². The number of nitrogens with one attached hydrogen (secondary N) is 1. The summed E-state index contributed by atoms with van der Waals surface area (Å²) >= 11 is 0. The first-order valence-electron chi connectivity index (χ1n) is 7.71. The van der Waals surface area contributed by atoms with Crippen LogP contribution >= 0.6 is 0 Å². The minimum Gasteiger partial charge on any atom is -0.497 e. The minimum absolute atomic E-state index is 0.0697. The molecule has 1 N–H and O–H groups in total. The van der Waals surface area contributed by atoms with Crippen molar-refractivity contribution in [2.75, 3.05) is 19.0 Å². The predicted octanol–water partition coefficient (Wildman–Crippen LogP) is 3.51. The number of hydrogen-bond donors (Lipinski definition) is 1. The molecule has 4 heteroatoms. The molecule has 0 bridgehead atoms. The first kappa shape index (κ1) is 15.2. The van der Waals surface area contributed by atoms with Gasteiger partial charge in [0.2, 0.25) is 0 Å². The van der Waals surface area contributed by atoms with Crippen LogP contribution in [0.5, 0.6) is 5.75 Å². The van der Waals surface area contributed by atoms with Crippen LogP contribution in [-0.4, -0.2) is 24.5 Å². The molecule has 23 heavy (non-hydrogen) atoms. The smallest absolute Gasteiger partial charge is 0.257 e. The Morgan fingerprint density at radius 1 is 1.17 bits per heavy atom. The summed E-state index contributed by atoms with van der Waals surface area (Å²) in [6, 6.07) is 15.9. The number of benzene rings is 2. The first-order chi connectivity index (χ1) is 11.2. The standard InChI is InChI=1S/C19H20N2O2/c1-3-21(12-14-7-5-4-6-8-14)13-17-16-11-15(23-2)9-10-18(16)20-19(17)22/h4-11,13H,3,12H2,1-2H3,(H,20,22)/b17-13+. The molecule has 3 rings (SSSR count). The van der Waals surface area contributed by atoms with Crippen molar-refractivity contribution in [1.82, 2.24) is 4.90 Å². The Morgan fingerprint density at radius 3 is 2.65 bits per heavy atom. The number of methoxy groups -OCH3 is 1. The highest BCUT2D eigenvalue weighted by Crippen LogP contribution is 2.34. The molecule has 0 spiro atoms. The summed E-state index contributed by atoms with van der Waals surface area (Å²) in [6.07, 6.45) is 1.94. The lowest BCUT2D eigenvalue weighted by atomic mass is 10.1. The summed E-state index contributed by atoms with van der Waals surface area (Å²) in [5.74, 6) is 0.678. The topological polar surface area (TPSA) is 41.6 Å². The molecule has 1 aliphatic rings. The fourth-order valence-electron chi connectivity index (χ4n) is 2.67. The van der Waals surface area contributed by atoms with E-state index in [-0.39, 0.29) is 5.91 Å². The molecule has 0 radical (unpaired) electrons. The number of hydrogen-bond acceptors (Lipinski definition) is 3. The van der Waals surface area contributed by atoms with Crippen LogP contribution < -0.4 is 10.1 Å². The van der Waals surface area contributed by atoms with Gasteiger partial charge in [0, 0.05) is 30.5 Å². The maximum absolute atomic E-state index is 12.3. The number of amides is 1. The number of anilines is 1. The van der Waals surface area contributed by atoms with E-state index in [1.807, 2.05) is 42.6 Å². The van der Waals surface area contributed by atoms with Crippen LogP contribution in [0.1, 0.15) is 18.1 Å². The number of carbonyl (C=O) groups excluding carboxylic acids is 1. The molecule has 0 saturated heterocycles. The van der Waals surface area contributed by atoms with Crippen LogP contribution in [0.3, 0.4) is 0 Å². The van der Waals surface area contributed by atoms with Crippen LogP contribution in [0.4, 0.5) is 5.69 Å². The van der Waals surface area contributed by atoms with Gasteiger partial charge in [-0.2, -0.15) is 0 Å². The van der Waals surface area contributed by atoms with Gasteiger partial charge in [-0.3, -0.25) is 4.79 Å². The zero-order valence-corrected chi connectivity index (χ0v) is 13.4. The molecule has 0 saturated carbocycles. The molecule has 0 atom stereocenters. The SMILES string of the molecule is CCN(/C=C1/C(=O)Nc2ccc(OC)cc21)Cc1ccccc1. The van der Waals surface area contributed by atoms with Crippen LogP contribution in [0, 0.1) is 0 Å². The number of fused-ring (bicyclic) bond motifs is 1. The Kier molecular flexibility index (Phi) is 4.33. The molecule has 2 aromatic carbocycles. The molecule has 0 aromatic heterocycles. The Bertz CT molecular complexity index is 738. The summed E-state index contributed by atoms with van der Waals surface area (Å²) in [5.41, 5.74) is 3.62. The third-order valence-corrected chi connectivity index (χ3v) is 3.96. The van der Waals surface area contributed by atoms with E-state index in [0.29, 0.717) is 5.57 Å². The maximum atomic E-state index is 12.3. The van der Waals surface area contributed by atoms with E-state index >= 15 is 0 Å². The Hall–Kier alpha value is -2.75. The van der Waals surface area contributed by atoms with Crippen molar-refractivity contribution in [1.29, 1.82) is 0 Å². The van der Waals surface area contributed by atoms with Gasteiger partial charge in [0.05, 0.1) is 12.7 Å². The third kappa shape index (κ3) is 3.21. The van der Waals surface area contributed by atoms with Crippen LogP contribution in [0.2, 0.25) is 0 Å². The zero-order valence-electron chi connectivity index (χ0n) is 13.4. The van der Waals surface area contributed by atoms with E-state index in [9.17, 15) is 4.79 Å². The summed E-state index contributed by atoms with van der Waals surface area (Å²) < 4.78 is 5.27. The monoisotopic (exact) mass is 308 g/mol. The van der Waals surface area contributed by atoms with E-state index < -0.39 is 0 Å². The molecule has 1 aliphatic heterocycles. The van der Waals surface area contributed by atoms with Gasteiger partial charge in [0.1, 0.15) is 5.75 Å². The summed E-state index contributed by atoms with van der Waals surface area (Å²) in [7, 11) is 1.63. The van der Waals surface area contributed by atoms with Gasteiger partial charge in [-0.1, -0.05) is 30.3 Å². The normalized spacial score (nSPS) is 14.5. The van der Waals surface area contributed by atoms with E-state index in [1.54, 1.807) is 7.11 Å². The molecule has 1 heterocycles. The highest BCUT2D eigenvalue weighted by molar-refractivity contribution is 6.31. The third-order valence-electron chi connectivity index (χ3n) is 3.96. The van der Waals surface area contributed by atoms with Gasteiger partial charge in [-0.05, 0) is 30.7 Å². The van der Waals surface area contributed by atoms with Gasteiger partial charge in [-0.15, -0.1) is 0 Å². The van der Waals surface area contributed by atoms with Gasteiger partial charge >= 0.3 is 0 Å². The van der Waals surface area contributed by atoms with Gasteiger partial charge in [0.25, 0.3) is 5.91 Å². The highest BCUT2D eigenvalue weighted by atomic mass is 16.5. The average molecular weight is 308 g/mol. The fourth-order valence-corrected chi connectivity index (χ4v) is 2.67. The molecule has 0 unspecified atom stereocenters. The Balaban J connectivity index is 1.90. The zero-order chi connectivity index (χ0) is 16.2. The second-order valence-corrected chi connectivity index (χ2v) is 5.46. The van der Waals surface area contributed by atoms with Crippen molar-refractivity contribution in [3.63, 3.8) is 0 Å². The van der Waals surface area contributed by atoms with Gasteiger partial charge in [0.15, 0.2) is 0 Å². The van der Waals surface area contributed by atoms with Crippen molar-refractivity contribution >= 4 is 17.2 Å². The van der Waals surface area contributed by atoms with Crippen LogP contribution in [-0.2, 0) is 11.3 Å². The quantitative estimate of drug-likeness (QED) is 0.859. The molecule has 4 nitrogen and oxygen atoms in total. The van der Waals surface area contributed by atoms with E-state index in [1.165, 1.54) is 5.56 Å². The highest BCUT2D eigenvalue weighted by Gasteiger charge is 2.25. The molecular formula is C19H20N2O2. The molecule has 118 valence electrons. The van der Waals surface area contributed by atoms with Crippen LogP contribution in [0.15, 0.2) is 54.7 Å². The maximum Gasteiger partial charge on any atom is 0.257 e. The number of ether oxygens (including phenoxy) is 1. The lowest BCUT2D eigenvalue weighted by Crippen LogP contribution is -2.18. The largest absolute Gasteiger partial charge is 0.497 e. The van der Waals surface area contributed by atoms with Crippen molar-refractivity contribution in [3.8, 4) is 5.75 Å². The van der Waals surface area contributed by atoms with E-state index in [2.05, 4.69) is 29.3 Å². The second kappa shape index (κ2) is 6.57. The van der Waals surface area contributed by atoms with Crippen molar-refractivity contribution in [2.45, 2.75) is 13.5 Å². The molecule has 2 aromatic rings.